The Kier molecular flexibility index (Phi) is 6.92. The lowest BCUT2D eigenvalue weighted by atomic mass is 10.1. The van der Waals surface area contributed by atoms with Gasteiger partial charge in [-0.2, -0.15) is 0 Å². The van der Waals surface area contributed by atoms with Crippen molar-refractivity contribution in [2.45, 2.75) is 19.4 Å². The molecule has 2 rings (SSSR count). The molecular formula is C16H33N5O. The highest BCUT2D eigenvalue weighted by Crippen LogP contribution is 2.16. The molecule has 1 N–H and O–H groups in total. The van der Waals surface area contributed by atoms with Crippen LogP contribution in [0.25, 0.3) is 0 Å². The summed E-state index contributed by atoms with van der Waals surface area (Å²) < 4.78 is 5.28. The van der Waals surface area contributed by atoms with Gasteiger partial charge in [0.25, 0.3) is 0 Å². The van der Waals surface area contributed by atoms with Gasteiger partial charge in [0.1, 0.15) is 0 Å². The molecule has 0 amide bonds. The van der Waals surface area contributed by atoms with E-state index in [2.05, 4.69) is 39.0 Å². The maximum atomic E-state index is 5.28. The van der Waals surface area contributed by atoms with Gasteiger partial charge >= 0.3 is 0 Å². The Balaban J connectivity index is 1.74. The lowest BCUT2D eigenvalue weighted by Crippen LogP contribution is -2.52. The van der Waals surface area contributed by atoms with Crippen LogP contribution in [0.4, 0.5) is 0 Å². The molecule has 128 valence electrons. The highest BCUT2D eigenvalue weighted by molar-refractivity contribution is 5.80. The minimum atomic E-state index is 0.544. The Bertz CT molecular complexity index is 354. The average molecular weight is 311 g/mol. The highest BCUT2D eigenvalue weighted by atomic mass is 16.5. The van der Waals surface area contributed by atoms with Crippen LogP contribution in [0.1, 0.15) is 13.3 Å². The molecule has 22 heavy (non-hydrogen) atoms. The summed E-state index contributed by atoms with van der Waals surface area (Å²) >= 11 is 0. The second kappa shape index (κ2) is 8.70. The lowest BCUT2D eigenvalue weighted by molar-refractivity contribution is 0.119. The lowest BCUT2D eigenvalue weighted by Gasteiger charge is -2.37. The van der Waals surface area contributed by atoms with Crippen LogP contribution in [-0.4, -0.2) is 100 Å². The average Bonchev–Trinajstić information content (AvgIpc) is 2.97. The first-order chi connectivity index (χ1) is 10.6. The van der Waals surface area contributed by atoms with Gasteiger partial charge in [-0.05, 0) is 20.4 Å². The molecule has 0 aromatic carbocycles. The van der Waals surface area contributed by atoms with Gasteiger partial charge in [-0.15, -0.1) is 0 Å². The number of rotatable bonds is 5. The van der Waals surface area contributed by atoms with Crippen LogP contribution >= 0.6 is 0 Å². The molecule has 6 nitrogen and oxygen atoms in total. The van der Waals surface area contributed by atoms with Crippen LogP contribution in [0.2, 0.25) is 0 Å². The van der Waals surface area contributed by atoms with E-state index in [1.807, 2.05) is 7.05 Å². The van der Waals surface area contributed by atoms with Crippen LogP contribution in [-0.2, 0) is 4.74 Å². The summed E-state index contributed by atoms with van der Waals surface area (Å²) in [4.78, 5) is 11.8. The number of likely N-dealkylation sites (tertiary alicyclic amines) is 1. The van der Waals surface area contributed by atoms with E-state index in [0.29, 0.717) is 12.0 Å². The van der Waals surface area contributed by atoms with Crippen molar-refractivity contribution in [1.82, 2.24) is 20.0 Å². The van der Waals surface area contributed by atoms with E-state index < -0.39 is 0 Å². The summed E-state index contributed by atoms with van der Waals surface area (Å²) in [5.41, 5.74) is 0. The summed E-state index contributed by atoms with van der Waals surface area (Å²) in [6.45, 7) is 10.9. The molecule has 2 atom stereocenters. The monoisotopic (exact) mass is 311 g/mol. The van der Waals surface area contributed by atoms with Gasteiger partial charge in [0, 0.05) is 71.9 Å². The predicted octanol–water partition coefficient (Wildman–Crippen LogP) is 0.166. The minimum Gasteiger partial charge on any atom is -0.384 e. The van der Waals surface area contributed by atoms with Crippen molar-refractivity contribution in [3.63, 3.8) is 0 Å². The summed E-state index contributed by atoms with van der Waals surface area (Å²) in [5, 5.41) is 3.56. The number of likely N-dealkylation sites (N-methyl/N-ethyl adjacent to an activating group) is 1. The quantitative estimate of drug-likeness (QED) is 0.579. The Labute approximate surface area is 135 Å². The number of nitrogens with one attached hydrogen (secondary N) is 1. The Morgan fingerprint density at radius 2 is 2.00 bits per heavy atom. The molecule has 2 aliphatic heterocycles. The molecule has 0 aliphatic carbocycles. The van der Waals surface area contributed by atoms with Crippen molar-refractivity contribution >= 4 is 5.96 Å². The second-order valence-corrected chi connectivity index (χ2v) is 6.67. The van der Waals surface area contributed by atoms with Gasteiger partial charge in [0.2, 0.25) is 0 Å². The number of methoxy groups -OCH3 is 1. The van der Waals surface area contributed by atoms with Crippen molar-refractivity contribution in [3.05, 3.63) is 0 Å². The summed E-state index contributed by atoms with van der Waals surface area (Å²) in [6, 6.07) is 0.544. The molecule has 2 unspecified atom stereocenters. The third-order valence-corrected chi connectivity index (χ3v) is 4.92. The Morgan fingerprint density at radius 3 is 2.64 bits per heavy atom. The number of ether oxygens (including phenoxy) is 1. The van der Waals surface area contributed by atoms with Gasteiger partial charge in [-0.1, -0.05) is 0 Å². The standard InChI is InChI=1S/C16H33N5O/c1-14(20-9-7-19(3)8-10-20)11-18-16(17-2)21-6-5-15(12-21)13-22-4/h14-15H,5-13H2,1-4H3,(H,17,18). The maximum absolute atomic E-state index is 5.28. The van der Waals surface area contributed by atoms with E-state index >= 15 is 0 Å². The normalized spacial score (nSPS) is 26.5. The zero-order valence-electron chi connectivity index (χ0n) is 14.7. The Hall–Kier alpha value is -0.850. The molecule has 2 saturated heterocycles. The SMILES string of the molecule is CN=C(NCC(C)N1CCN(C)CC1)N1CCC(COC)C1. The molecule has 2 aliphatic rings. The van der Waals surface area contributed by atoms with Crippen molar-refractivity contribution in [3.8, 4) is 0 Å². The first-order valence-corrected chi connectivity index (χ1v) is 8.51. The van der Waals surface area contributed by atoms with Crippen molar-refractivity contribution in [2.75, 3.05) is 73.6 Å². The summed E-state index contributed by atoms with van der Waals surface area (Å²) in [7, 11) is 5.87. The number of nitrogens with zero attached hydrogens (tertiary/aromatic N) is 4. The number of hydrogen-bond acceptors (Lipinski definition) is 4. The van der Waals surface area contributed by atoms with Gasteiger partial charge in [0.15, 0.2) is 5.96 Å². The van der Waals surface area contributed by atoms with E-state index in [-0.39, 0.29) is 0 Å². The van der Waals surface area contributed by atoms with Crippen molar-refractivity contribution < 1.29 is 4.74 Å². The number of hydrogen-bond donors (Lipinski definition) is 1. The predicted molar refractivity (Wildman–Crippen MR) is 91.4 cm³/mol. The second-order valence-electron chi connectivity index (χ2n) is 6.67. The largest absolute Gasteiger partial charge is 0.384 e. The van der Waals surface area contributed by atoms with Crippen molar-refractivity contribution in [2.24, 2.45) is 10.9 Å². The molecule has 6 heteroatoms. The molecule has 0 saturated carbocycles. The van der Waals surface area contributed by atoms with Crippen LogP contribution < -0.4 is 5.32 Å². The van der Waals surface area contributed by atoms with Gasteiger partial charge in [-0.3, -0.25) is 9.89 Å². The highest BCUT2D eigenvalue weighted by Gasteiger charge is 2.25. The topological polar surface area (TPSA) is 43.3 Å². The first-order valence-electron chi connectivity index (χ1n) is 8.51. The van der Waals surface area contributed by atoms with E-state index in [9.17, 15) is 0 Å². The Morgan fingerprint density at radius 1 is 1.27 bits per heavy atom. The fourth-order valence-electron chi connectivity index (χ4n) is 3.36. The van der Waals surface area contributed by atoms with E-state index in [4.69, 9.17) is 4.74 Å². The third-order valence-electron chi connectivity index (χ3n) is 4.92. The molecule has 0 radical (unpaired) electrons. The third kappa shape index (κ3) is 4.83. The molecule has 2 fully saturated rings. The molecular weight excluding hydrogens is 278 g/mol. The van der Waals surface area contributed by atoms with Crippen molar-refractivity contribution in [1.29, 1.82) is 0 Å². The summed E-state index contributed by atoms with van der Waals surface area (Å²) in [5.74, 6) is 1.68. The van der Waals surface area contributed by atoms with Crippen LogP contribution in [0.5, 0.6) is 0 Å². The van der Waals surface area contributed by atoms with Gasteiger partial charge < -0.3 is 19.9 Å². The molecule has 2 heterocycles. The minimum absolute atomic E-state index is 0.544. The number of aliphatic imine (C=N–C) groups is 1. The fourth-order valence-corrected chi connectivity index (χ4v) is 3.36. The molecule has 0 spiro atoms. The van der Waals surface area contributed by atoms with Gasteiger partial charge in [-0.25, -0.2) is 0 Å². The first kappa shape index (κ1) is 17.5. The van der Waals surface area contributed by atoms with E-state index in [1.165, 1.54) is 19.5 Å². The fraction of sp³-hybridized carbons (Fsp3) is 0.938. The molecule has 0 aromatic heterocycles. The maximum Gasteiger partial charge on any atom is 0.193 e. The summed E-state index contributed by atoms with van der Waals surface area (Å²) in [6.07, 6.45) is 1.20. The van der Waals surface area contributed by atoms with Crippen LogP contribution in [0.3, 0.4) is 0 Å². The molecule has 0 aromatic rings. The van der Waals surface area contributed by atoms with Crippen LogP contribution in [0, 0.1) is 5.92 Å². The number of piperazine rings is 1. The van der Waals surface area contributed by atoms with E-state index in [0.717, 1.165) is 45.3 Å². The zero-order valence-corrected chi connectivity index (χ0v) is 14.7. The van der Waals surface area contributed by atoms with Crippen LogP contribution in [0.15, 0.2) is 4.99 Å². The number of guanidine groups is 1. The van der Waals surface area contributed by atoms with Gasteiger partial charge in [0.05, 0.1) is 6.61 Å². The van der Waals surface area contributed by atoms with E-state index in [1.54, 1.807) is 7.11 Å². The smallest absolute Gasteiger partial charge is 0.193 e. The zero-order chi connectivity index (χ0) is 15.9. The molecule has 0 bridgehead atoms.